The maximum Gasteiger partial charge on any atom is 0.194 e. The Labute approximate surface area is 97.2 Å². The van der Waals surface area contributed by atoms with Gasteiger partial charge in [0.05, 0.1) is 0 Å². The largest absolute Gasteiger partial charge is 0.298 e. The van der Waals surface area contributed by atoms with Crippen LogP contribution in [0.1, 0.15) is 16.1 Å². The van der Waals surface area contributed by atoms with Gasteiger partial charge in [-0.1, -0.05) is 0 Å². The highest BCUT2D eigenvalue weighted by molar-refractivity contribution is 7.99. The number of hydrogen-bond donors (Lipinski definition) is 0. The average Bonchev–Trinajstić information content (AvgIpc) is 2.30. The Morgan fingerprint density at radius 2 is 2.12 bits per heavy atom. The van der Waals surface area contributed by atoms with Gasteiger partial charge in [-0.2, -0.15) is 0 Å². The lowest BCUT2D eigenvalue weighted by molar-refractivity contribution is 0.112. The van der Waals surface area contributed by atoms with E-state index in [1.54, 1.807) is 24.5 Å². The normalized spacial score (nSPS) is 10.1. The minimum absolute atomic E-state index is 0.553. The van der Waals surface area contributed by atoms with E-state index in [-0.39, 0.29) is 0 Å². The van der Waals surface area contributed by atoms with E-state index in [9.17, 15) is 4.79 Å². The Morgan fingerprint density at radius 3 is 2.88 bits per heavy atom. The first-order valence-corrected chi connectivity index (χ1v) is 5.49. The fourth-order valence-electron chi connectivity index (χ4n) is 1.14. The molecule has 0 radical (unpaired) electrons. The molecule has 0 aliphatic rings. The zero-order valence-corrected chi connectivity index (χ0v) is 9.44. The number of carbonyl (C=O) groups is 1. The van der Waals surface area contributed by atoms with Gasteiger partial charge in [0, 0.05) is 23.7 Å². The van der Waals surface area contributed by atoms with Gasteiger partial charge in [-0.3, -0.25) is 4.79 Å². The van der Waals surface area contributed by atoms with E-state index >= 15 is 0 Å². The molecule has 2 rings (SSSR count). The quantitative estimate of drug-likeness (QED) is 0.598. The first-order chi connectivity index (χ1) is 7.79. The van der Waals surface area contributed by atoms with Crippen LogP contribution in [0, 0.1) is 6.92 Å². The Kier molecular flexibility index (Phi) is 3.26. The first kappa shape index (κ1) is 10.8. The summed E-state index contributed by atoms with van der Waals surface area (Å²) in [5.74, 6) is 0. The van der Waals surface area contributed by atoms with Crippen molar-refractivity contribution in [2.24, 2.45) is 0 Å². The molecule has 2 heterocycles. The molecule has 0 aliphatic heterocycles. The summed E-state index contributed by atoms with van der Waals surface area (Å²) in [7, 11) is 0. The molecule has 5 heteroatoms. The molecule has 0 bridgehead atoms. The number of rotatable bonds is 3. The SMILES string of the molecule is Cc1ccnc(Sc2ncccc2C=O)n1. The molecule has 16 heavy (non-hydrogen) atoms. The van der Waals surface area contributed by atoms with Gasteiger partial charge in [-0.25, -0.2) is 15.0 Å². The van der Waals surface area contributed by atoms with Crippen LogP contribution >= 0.6 is 11.8 Å². The van der Waals surface area contributed by atoms with E-state index in [4.69, 9.17) is 0 Å². The molecule has 0 atom stereocenters. The minimum atomic E-state index is 0.553. The molecule has 0 amide bonds. The van der Waals surface area contributed by atoms with Crippen molar-refractivity contribution in [2.75, 3.05) is 0 Å². The van der Waals surface area contributed by atoms with Crippen LogP contribution in [-0.4, -0.2) is 21.2 Å². The average molecular weight is 231 g/mol. The minimum Gasteiger partial charge on any atom is -0.298 e. The molecule has 0 spiro atoms. The molecule has 4 nitrogen and oxygen atoms in total. The van der Waals surface area contributed by atoms with Crippen LogP contribution in [0.2, 0.25) is 0 Å². The standard InChI is InChI=1S/C11H9N3OS/c1-8-4-6-13-11(14-8)16-10-9(7-15)3-2-5-12-10/h2-7H,1H3. The molecule has 0 fully saturated rings. The number of carbonyl (C=O) groups excluding carboxylic acids is 1. The van der Waals surface area contributed by atoms with Crippen molar-refractivity contribution in [1.82, 2.24) is 15.0 Å². The van der Waals surface area contributed by atoms with E-state index in [2.05, 4.69) is 15.0 Å². The van der Waals surface area contributed by atoms with Gasteiger partial charge in [0.15, 0.2) is 11.4 Å². The smallest absolute Gasteiger partial charge is 0.194 e. The van der Waals surface area contributed by atoms with Gasteiger partial charge in [0.1, 0.15) is 5.03 Å². The van der Waals surface area contributed by atoms with Crippen molar-refractivity contribution in [1.29, 1.82) is 0 Å². The van der Waals surface area contributed by atoms with Crippen molar-refractivity contribution >= 4 is 18.0 Å². The van der Waals surface area contributed by atoms with E-state index in [1.165, 1.54) is 11.8 Å². The molecule has 0 unspecified atom stereocenters. The third-order valence-electron chi connectivity index (χ3n) is 1.89. The van der Waals surface area contributed by atoms with Crippen LogP contribution < -0.4 is 0 Å². The zero-order valence-electron chi connectivity index (χ0n) is 8.62. The molecule has 0 aromatic carbocycles. The summed E-state index contributed by atoms with van der Waals surface area (Å²) in [5, 5.41) is 1.23. The second-order valence-corrected chi connectivity index (χ2v) is 4.05. The van der Waals surface area contributed by atoms with Gasteiger partial charge in [-0.15, -0.1) is 0 Å². The zero-order chi connectivity index (χ0) is 11.4. The molecule has 0 saturated carbocycles. The lowest BCUT2D eigenvalue weighted by Gasteiger charge is -2.01. The van der Waals surface area contributed by atoms with Gasteiger partial charge in [0.25, 0.3) is 0 Å². The molecular weight excluding hydrogens is 222 g/mol. The van der Waals surface area contributed by atoms with E-state index in [0.29, 0.717) is 15.7 Å². The number of aromatic nitrogens is 3. The van der Waals surface area contributed by atoms with E-state index in [0.717, 1.165) is 12.0 Å². The van der Waals surface area contributed by atoms with Gasteiger partial charge in [0.2, 0.25) is 0 Å². The summed E-state index contributed by atoms with van der Waals surface area (Å²) in [6.45, 7) is 1.89. The molecule has 0 aliphatic carbocycles. The Bertz CT molecular complexity index is 516. The summed E-state index contributed by atoms with van der Waals surface area (Å²) in [6, 6.07) is 5.27. The first-order valence-electron chi connectivity index (χ1n) is 4.67. The van der Waals surface area contributed by atoms with Crippen LogP contribution in [0.3, 0.4) is 0 Å². The monoisotopic (exact) mass is 231 g/mol. The van der Waals surface area contributed by atoms with Crippen LogP contribution in [0.25, 0.3) is 0 Å². The summed E-state index contributed by atoms with van der Waals surface area (Å²) < 4.78 is 0. The number of aryl methyl sites for hydroxylation is 1. The summed E-state index contributed by atoms with van der Waals surface area (Å²) in [6.07, 6.45) is 4.12. The van der Waals surface area contributed by atoms with Crippen molar-refractivity contribution in [3.05, 3.63) is 41.9 Å². The van der Waals surface area contributed by atoms with Crippen molar-refractivity contribution in [2.45, 2.75) is 17.1 Å². The van der Waals surface area contributed by atoms with Crippen LogP contribution in [0.4, 0.5) is 0 Å². The number of pyridine rings is 1. The molecule has 2 aromatic rings. The predicted octanol–water partition coefficient (Wildman–Crippen LogP) is 2.14. The van der Waals surface area contributed by atoms with E-state index < -0.39 is 0 Å². The molecule has 0 saturated heterocycles. The van der Waals surface area contributed by atoms with Crippen molar-refractivity contribution in [3.63, 3.8) is 0 Å². The molecular formula is C11H9N3OS. The number of hydrogen-bond acceptors (Lipinski definition) is 5. The molecule has 0 N–H and O–H groups in total. The summed E-state index contributed by atoms with van der Waals surface area (Å²) in [5.41, 5.74) is 1.44. The summed E-state index contributed by atoms with van der Waals surface area (Å²) >= 11 is 1.29. The van der Waals surface area contributed by atoms with E-state index in [1.807, 2.05) is 13.0 Å². The van der Waals surface area contributed by atoms with Crippen LogP contribution in [0.15, 0.2) is 40.8 Å². The lowest BCUT2D eigenvalue weighted by Crippen LogP contribution is -1.92. The van der Waals surface area contributed by atoms with Gasteiger partial charge < -0.3 is 0 Å². The fourth-order valence-corrected chi connectivity index (χ4v) is 1.96. The molecule has 2 aromatic heterocycles. The maximum atomic E-state index is 10.8. The fraction of sp³-hybridized carbons (Fsp3) is 0.0909. The third kappa shape index (κ3) is 2.43. The highest BCUT2D eigenvalue weighted by Crippen LogP contribution is 2.24. The highest BCUT2D eigenvalue weighted by atomic mass is 32.2. The second kappa shape index (κ2) is 4.85. The molecule has 80 valence electrons. The Balaban J connectivity index is 2.30. The maximum absolute atomic E-state index is 10.8. The topological polar surface area (TPSA) is 55.7 Å². The highest BCUT2D eigenvalue weighted by Gasteiger charge is 2.06. The number of nitrogens with zero attached hydrogens (tertiary/aromatic N) is 3. The van der Waals surface area contributed by atoms with Crippen molar-refractivity contribution in [3.8, 4) is 0 Å². The van der Waals surface area contributed by atoms with Gasteiger partial charge in [-0.05, 0) is 36.9 Å². The second-order valence-electron chi connectivity index (χ2n) is 3.10. The number of aldehydes is 1. The van der Waals surface area contributed by atoms with Crippen LogP contribution in [0.5, 0.6) is 0 Å². The lowest BCUT2D eigenvalue weighted by atomic mass is 10.3. The van der Waals surface area contributed by atoms with Crippen LogP contribution in [-0.2, 0) is 0 Å². The Hall–Kier alpha value is -1.75. The summed E-state index contributed by atoms with van der Waals surface area (Å²) in [4.78, 5) is 23.3. The van der Waals surface area contributed by atoms with Crippen molar-refractivity contribution < 1.29 is 4.79 Å². The van der Waals surface area contributed by atoms with Gasteiger partial charge >= 0.3 is 0 Å². The Morgan fingerprint density at radius 1 is 1.25 bits per heavy atom. The predicted molar refractivity (Wildman–Crippen MR) is 60.5 cm³/mol. The third-order valence-corrected chi connectivity index (χ3v) is 2.80.